The van der Waals surface area contributed by atoms with E-state index in [1.165, 1.54) is 28.5 Å². The fraction of sp³-hybridized carbons (Fsp3) is 0.143. The van der Waals surface area contributed by atoms with Crippen LogP contribution < -0.4 is 0 Å². The highest BCUT2D eigenvalue weighted by molar-refractivity contribution is 7.10. The average molecular weight is 259 g/mol. The van der Waals surface area contributed by atoms with Crippen molar-refractivity contribution in [2.75, 3.05) is 0 Å². The molecule has 0 aliphatic carbocycles. The monoisotopic (exact) mass is 259 g/mol. The van der Waals surface area contributed by atoms with Gasteiger partial charge in [-0.15, -0.1) is 11.3 Å². The van der Waals surface area contributed by atoms with Crippen LogP contribution in [-0.4, -0.2) is 16.1 Å². The third-order valence-corrected chi connectivity index (χ3v) is 3.36. The SMILES string of the molecule is Cc1ccc(-c2csc(/C=C/C(=O)O)n2)c(C)c1. The summed E-state index contributed by atoms with van der Waals surface area (Å²) in [6, 6.07) is 6.21. The highest BCUT2D eigenvalue weighted by Crippen LogP contribution is 2.26. The number of aryl methyl sites for hydroxylation is 2. The van der Waals surface area contributed by atoms with Gasteiger partial charge in [-0.1, -0.05) is 23.8 Å². The molecule has 1 aromatic carbocycles. The number of rotatable bonds is 3. The van der Waals surface area contributed by atoms with Gasteiger partial charge in [0.15, 0.2) is 0 Å². The van der Waals surface area contributed by atoms with Crippen LogP contribution in [0.3, 0.4) is 0 Å². The van der Waals surface area contributed by atoms with E-state index in [0.717, 1.165) is 17.3 Å². The normalized spacial score (nSPS) is 11.0. The van der Waals surface area contributed by atoms with Crippen LogP contribution >= 0.6 is 11.3 Å². The molecule has 0 unspecified atom stereocenters. The maximum Gasteiger partial charge on any atom is 0.328 e. The van der Waals surface area contributed by atoms with Gasteiger partial charge in [0.2, 0.25) is 0 Å². The summed E-state index contributed by atoms with van der Waals surface area (Å²) in [6.45, 7) is 4.10. The first-order valence-corrected chi connectivity index (χ1v) is 6.38. The second-order valence-corrected chi connectivity index (χ2v) is 4.95. The molecular weight excluding hydrogens is 246 g/mol. The van der Waals surface area contributed by atoms with Gasteiger partial charge < -0.3 is 5.11 Å². The molecule has 0 saturated carbocycles. The van der Waals surface area contributed by atoms with Gasteiger partial charge in [-0.05, 0) is 25.5 Å². The minimum Gasteiger partial charge on any atom is -0.478 e. The van der Waals surface area contributed by atoms with Crippen molar-refractivity contribution in [3.8, 4) is 11.3 Å². The van der Waals surface area contributed by atoms with E-state index in [0.29, 0.717) is 5.01 Å². The van der Waals surface area contributed by atoms with Crippen molar-refractivity contribution in [3.05, 3.63) is 45.8 Å². The second kappa shape index (κ2) is 5.14. The van der Waals surface area contributed by atoms with Gasteiger partial charge in [0, 0.05) is 17.0 Å². The fourth-order valence-electron chi connectivity index (χ4n) is 1.73. The van der Waals surface area contributed by atoms with Crippen molar-refractivity contribution < 1.29 is 9.90 Å². The Morgan fingerprint density at radius 2 is 2.17 bits per heavy atom. The summed E-state index contributed by atoms with van der Waals surface area (Å²) in [6.07, 6.45) is 2.62. The van der Waals surface area contributed by atoms with Gasteiger partial charge in [-0.2, -0.15) is 0 Å². The van der Waals surface area contributed by atoms with Crippen LogP contribution in [0.15, 0.2) is 29.7 Å². The van der Waals surface area contributed by atoms with Gasteiger partial charge in [0.25, 0.3) is 0 Å². The highest BCUT2D eigenvalue weighted by atomic mass is 32.1. The lowest BCUT2D eigenvalue weighted by Gasteiger charge is -2.03. The number of hydrogen-bond acceptors (Lipinski definition) is 3. The number of benzene rings is 1. The zero-order valence-corrected chi connectivity index (χ0v) is 11.0. The summed E-state index contributed by atoms with van der Waals surface area (Å²) in [5.74, 6) is -0.960. The van der Waals surface area contributed by atoms with Crippen molar-refractivity contribution in [2.24, 2.45) is 0 Å². The average Bonchev–Trinajstić information content (AvgIpc) is 2.75. The zero-order chi connectivity index (χ0) is 13.1. The first kappa shape index (κ1) is 12.5. The van der Waals surface area contributed by atoms with E-state index in [1.54, 1.807) is 0 Å². The summed E-state index contributed by atoms with van der Waals surface area (Å²) in [7, 11) is 0. The van der Waals surface area contributed by atoms with Crippen molar-refractivity contribution in [1.82, 2.24) is 4.98 Å². The lowest BCUT2D eigenvalue weighted by molar-refractivity contribution is -0.131. The Labute approximate surface area is 109 Å². The lowest BCUT2D eigenvalue weighted by atomic mass is 10.0. The molecule has 0 spiro atoms. The minimum absolute atomic E-state index is 0.701. The molecular formula is C14H13NO2S. The Bertz CT molecular complexity index is 614. The van der Waals surface area contributed by atoms with Crippen LogP contribution in [0, 0.1) is 13.8 Å². The maximum atomic E-state index is 10.4. The molecule has 0 amide bonds. The number of thiazole rings is 1. The van der Waals surface area contributed by atoms with E-state index in [4.69, 9.17) is 5.11 Å². The zero-order valence-electron chi connectivity index (χ0n) is 10.2. The number of aliphatic carboxylic acids is 1. The van der Waals surface area contributed by atoms with E-state index >= 15 is 0 Å². The van der Waals surface area contributed by atoms with Crippen LogP contribution in [0.25, 0.3) is 17.3 Å². The summed E-state index contributed by atoms with van der Waals surface area (Å²) in [4.78, 5) is 14.8. The molecule has 4 heteroatoms. The van der Waals surface area contributed by atoms with Crippen LogP contribution in [0.2, 0.25) is 0 Å². The largest absolute Gasteiger partial charge is 0.478 e. The Kier molecular flexibility index (Phi) is 3.58. The van der Waals surface area contributed by atoms with Gasteiger partial charge >= 0.3 is 5.97 Å². The number of nitrogens with zero attached hydrogens (tertiary/aromatic N) is 1. The summed E-state index contributed by atoms with van der Waals surface area (Å²) < 4.78 is 0. The Morgan fingerprint density at radius 3 is 2.83 bits per heavy atom. The molecule has 18 heavy (non-hydrogen) atoms. The maximum absolute atomic E-state index is 10.4. The fourth-order valence-corrected chi connectivity index (χ4v) is 2.44. The Morgan fingerprint density at radius 1 is 1.39 bits per heavy atom. The summed E-state index contributed by atoms with van der Waals surface area (Å²) in [5.41, 5.74) is 4.38. The van der Waals surface area contributed by atoms with E-state index in [-0.39, 0.29) is 0 Å². The van der Waals surface area contributed by atoms with Crippen molar-refractivity contribution >= 4 is 23.4 Å². The van der Waals surface area contributed by atoms with Crippen LogP contribution in [0.5, 0.6) is 0 Å². The third-order valence-electron chi connectivity index (χ3n) is 2.55. The molecule has 1 heterocycles. The molecule has 0 radical (unpaired) electrons. The quantitative estimate of drug-likeness (QED) is 0.858. The van der Waals surface area contributed by atoms with Crippen LogP contribution in [0.1, 0.15) is 16.1 Å². The Hall–Kier alpha value is -1.94. The molecule has 3 nitrogen and oxygen atoms in total. The second-order valence-electron chi connectivity index (χ2n) is 4.06. The molecule has 2 aromatic rings. The number of carbonyl (C=O) groups is 1. The first-order valence-electron chi connectivity index (χ1n) is 5.50. The van der Waals surface area contributed by atoms with E-state index in [1.807, 2.05) is 11.4 Å². The summed E-state index contributed by atoms with van der Waals surface area (Å²) in [5, 5.41) is 11.2. The van der Waals surface area contributed by atoms with Gasteiger partial charge in [0.1, 0.15) is 5.01 Å². The highest BCUT2D eigenvalue weighted by Gasteiger charge is 2.06. The standard InChI is InChI=1S/C14H13NO2S/c1-9-3-4-11(10(2)7-9)12-8-18-13(15-12)5-6-14(16)17/h3-8H,1-2H3,(H,16,17)/b6-5+. The molecule has 2 rings (SSSR count). The van der Waals surface area contributed by atoms with Crippen molar-refractivity contribution in [2.45, 2.75) is 13.8 Å². The van der Waals surface area contributed by atoms with Gasteiger partial charge in [0.05, 0.1) is 5.69 Å². The molecule has 1 aromatic heterocycles. The predicted molar refractivity (Wildman–Crippen MR) is 73.7 cm³/mol. The molecule has 0 aliphatic rings. The minimum atomic E-state index is -0.960. The molecule has 1 N–H and O–H groups in total. The number of aromatic nitrogens is 1. The predicted octanol–water partition coefficient (Wildman–Crippen LogP) is 3.52. The smallest absolute Gasteiger partial charge is 0.328 e. The summed E-state index contributed by atoms with van der Waals surface area (Å²) >= 11 is 1.44. The molecule has 0 fully saturated rings. The van der Waals surface area contributed by atoms with Crippen LogP contribution in [-0.2, 0) is 4.79 Å². The van der Waals surface area contributed by atoms with Crippen molar-refractivity contribution in [1.29, 1.82) is 0 Å². The molecule has 92 valence electrons. The number of carboxylic acid groups (broad SMARTS) is 1. The number of carboxylic acids is 1. The molecule has 0 bridgehead atoms. The molecule has 0 atom stereocenters. The van der Waals surface area contributed by atoms with E-state index in [2.05, 4.69) is 31.0 Å². The lowest BCUT2D eigenvalue weighted by Crippen LogP contribution is -1.86. The molecule has 0 aliphatic heterocycles. The molecule has 0 saturated heterocycles. The third kappa shape index (κ3) is 2.84. The topological polar surface area (TPSA) is 50.2 Å². The van der Waals surface area contributed by atoms with Crippen LogP contribution in [0.4, 0.5) is 0 Å². The van der Waals surface area contributed by atoms with Gasteiger partial charge in [-0.3, -0.25) is 0 Å². The van der Waals surface area contributed by atoms with E-state index < -0.39 is 5.97 Å². The Balaban J connectivity index is 2.32. The van der Waals surface area contributed by atoms with E-state index in [9.17, 15) is 4.79 Å². The van der Waals surface area contributed by atoms with Gasteiger partial charge in [-0.25, -0.2) is 9.78 Å². The first-order chi connectivity index (χ1) is 8.56. The van der Waals surface area contributed by atoms with Crippen molar-refractivity contribution in [3.63, 3.8) is 0 Å². The number of hydrogen-bond donors (Lipinski definition) is 1.